The molecule has 4 aromatic rings. The molecular weight excluding hydrogens is 468 g/mol. The molecule has 37 heavy (non-hydrogen) atoms. The molecule has 0 N–H and O–H groups in total. The number of ether oxygens (including phenoxy) is 2. The minimum atomic E-state index is 0.0307. The van der Waals surface area contributed by atoms with E-state index in [1.54, 1.807) is 14.2 Å². The first-order chi connectivity index (χ1) is 18.0. The highest BCUT2D eigenvalue weighted by Gasteiger charge is 2.23. The summed E-state index contributed by atoms with van der Waals surface area (Å²) in [4.78, 5) is 17.4. The van der Waals surface area contributed by atoms with Crippen molar-refractivity contribution in [1.82, 2.24) is 20.0 Å². The van der Waals surface area contributed by atoms with Crippen molar-refractivity contribution in [3.63, 3.8) is 0 Å². The van der Waals surface area contributed by atoms with Crippen molar-refractivity contribution in [2.45, 2.75) is 13.5 Å². The molecule has 8 heteroatoms. The molecule has 2 heterocycles. The summed E-state index contributed by atoms with van der Waals surface area (Å²) in [5.41, 5.74) is 4.63. The van der Waals surface area contributed by atoms with Gasteiger partial charge in [-0.25, -0.2) is 0 Å². The van der Waals surface area contributed by atoms with E-state index >= 15 is 0 Å². The van der Waals surface area contributed by atoms with E-state index < -0.39 is 0 Å². The lowest BCUT2D eigenvalue weighted by Crippen LogP contribution is -2.48. The summed E-state index contributed by atoms with van der Waals surface area (Å²) in [6.45, 7) is 5.80. The second kappa shape index (κ2) is 10.8. The number of carbonyl (C=O) groups excluding carboxylic acids is 1. The molecule has 0 atom stereocenters. The maximum Gasteiger partial charge on any atom is 0.253 e. The van der Waals surface area contributed by atoms with Crippen LogP contribution in [-0.4, -0.2) is 66.3 Å². The normalized spacial score (nSPS) is 14.0. The number of carbonyl (C=O) groups is 1. The molecule has 1 saturated heterocycles. The number of aromatic nitrogens is 2. The first-order valence-corrected chi connectivity index (χ1v) is 12.3. The van der Waals surface area contributed by atoms with Crippen molar-refractivity contribution >= 4 is 5.91 Å². The highest BCUT2D eigenvalue weighted by Crippen LogP contribution is 2.28. The van der Waals surface area contributed by atoms with Gasteiger partial charge in [0.1, 0.15) is 0 Å². The predicted molar refractivity (Wildman–Crippen MR) is 141 cm³/mol. The Balaban J connectivity index is 1.18. The van der Waals surface area contributed by atoms with Crippen molar-refractivity contribution in [3.05, 3.63) is 83.4 Å². The topological polar surface area (TPSA) is 80.9 Å². The summed E-state index contributed by atoms with van der Waals surface area (Å²) in [5.74, 6) is 2.38. The van der Waals surface area contributed by atoms with Crippen LogP contribution in [0.1, 0.15) is 21.5 Å². The van der Waals surface area contributed by atoms with Crippen LogP contribution in [0.4, 0.5) is 0 Å². The molecule has 1 fully saturated rings. The van der Waals surface area contributed by atoms with Gasteiger partial charge in [0.2, 0.25) is 11.8 Å². The largest absolute Gasteiger partial charge is 0.493 e. The van der Waals surface area contributed by atoms with E-state index in [9.17, 15) is 4.79 Å². The van der Waals surface area contributed by atoms with E-state index in [0.717, 1.165) is 47.8 Å². The van der Waals surface area contributed by atoms with Crippen LogP contribution < -0.4 is 9.47 Å². The zero-order valence-electron chi connectivity index (χ0n) is 21.3. The van der Waals surface area contributed by atoms with Gasteiger partial charge in [-0.15, -0.1) is 10.2 Å². The minimum Gasteiger partial charge on any atom is -0.493 e. The molecule has 190 valence electrons. The quantitative estimate of drug-likeness (QED) is 0.366. The number of amides is 1. The third kappa shape index (κ3) is 5.49. The van der Waals surface area contributed by atoms with Gasteiger partial charge < -0.3 is 18.8 Å². The van der Waals surface area contributed by atoms with Crippen LogP contribution in [-0.2, 0) is 6.54 Å². The zero-order valence-corrected chi connectivity index (χ0v) is 21.3. The fraction of sp³-hybridized carbons (Fsp3) is 0.276. The van der Waals surface area contributed by atoms with Crippen LogP contribution in [0.3, 0.4) is 0 Å². The monoisotopic (exact) mass is 498 g/mol. The third-order valence-electron chi connectivity index (χ3n) is 6.62. The van der Waals surface area contributed by atoms with Crippen LogP contribution in [0.15, 0.2) is 71.1 Å². The van der Waals surface area contributed by atoms with Gasteiger partial charge in [-0.1, -0.05) is 23.8 Å². The number of benzene rings is 3. The summed E-state index contributed by atoms with van der Waals surface area (Å²) in [6.07, 6.45) is 0. The van der Waals surface area contributed by atoms with Gasteiger partial charge in [0.25, 0.3) is 5.91 Å². The maximum absolute atomic E-state index is 13.1. The fourth-order valence-electron chi connectivity index (χ4n) is 4.44. The molecule has 0 bridgehead atoms. The van der Waals surface area contributed by atoms with Crippen LogP contribution in [0.2, 0.25) is 0 Å². The smallest absolute Gasteiger partial charge is 0.253 e. The van der Waals surface area contributed by atoms with Crippen molar-refractivity contribution < 1.29 is 18.7 Å². The Morgan fingerprint density at radius 2 is 1.41 bits per heavy atom. The Kier molecular flexibility index (Phi) is 7.18. The molecule has 0 unspecified atom stereocenters. The summed E-state index contributed by atoms with van der Waals surface area (Å²) < 4.78 is 16.6. The predicted octanol–water partition coefficient (Wildman–Crippen LogP) is 4.69. The van der Waals surface area contributed by atoms with Crippen molar-refractivity contribution in [2.24, 2.45) is 0 Å². The molecule has 1 aromatic heterocycles. The average molecular weight is 499 g/mol. The lowest BCUT2D eigenvalue weighted by molar-refractivity contribution is 0.0628. The van der Waals surface area contributed by atoms with Crippen molar-refractivity contribution in [1.29, 1.82) is 0 Å². The number of rotatable bonds is 7. The Hall–Kier alpha value is -4.17. The van der Waals surface area contributed by atoms with Gasteiger partial charge >= 0.3 is 0 Å². The number of hydrogen-bond acceptors (Lipinski definition) is 7. The summed E-state index contributed by atoms with van der Waals surface area (Å²) in [5, 5.41) is 8.35. The second-order valence-electron chi connectivity index (χ2n) is 9.11. The molecule has 3 aromatic carbocycles. The van der Waals surface area contributed by atoms with Gasteiger partial charge in [-0.3, -0.25) is 9.69 Å². The Morgan fingerprint density at radius 1 is 0.811 bits per heavy atom. The molecular formula is C29H30N4O4. The van der Waals surface area contributed by atoms with E-state index in [-0.39, 0.29) is 5.91 Å². The standard InChI is InChI=1S/C29H30N4O4/c1-20-4-7-22(8-5-20)27-30-31-28(37-27)23-9-11-24(12-10-23)29(34)33-16-14-32(15-17-33)19-21-6-13-25(35-2)26(18-21)36-3/h4-13,18H,14-17,19H2,1-3H3. The third-order valence-corrected chi connectivity index (χ3v) is 6.62. The second-order valence-corrected chi connectivity index (χ2v) is 9.11. The fourth-order valence-corrected chi connectivity index (χ4v) is 4.44. The maximum atomic E-state index is 13.1. The summed E-state index contributed by atoms with van der Waals surface area (Å²) in [6, 6.07) is 21.3. The molecule has 1 aliphatic rings. The summed E-state index contributed by atoms with van der Waals surface area (Å²) >= 11 is 0. The lowest BCUT2D eigenvalue weighted by atomic mass is 10.1. The van der Waals surface area contributed by atoms with E-state index in [2.05, 4.69) is 15.1 Å². The van der Waals surface area contributed by atoms with Gasteiger partial charge in [0, 0.05) is 49.4 Å². The van der Waals surface area contributed by atoms with Gasteiger partial charge in [0.05, 0.1) is 14.2 Å². The zero-order chi connectivity index (χ0) is 25.8. The van der Waals surface area contributed by atoms with E-state index in [4.69, 9.17) is 13.9 Å². The number of methoxy groups -OCH3 is 2. The summed E-state index contributed by atoms with van der Waals surface area (Å²) in [7, 11) is 3.28. The van der Waals surface area contributed by atoms with Crippen LogP contribution in [0, 0.1) is 6.92 Å². The number of nitrogens with zero attached hydrogens (tertiary/aromatic N) is 4. The van der Waals surface area contributed by atoms with Crippen molar-refractivity contribution in [2.75, 3.05) is 40.4 Å². The van der Waals surface area contributed by atoms with E-state index in [0.29, 0.717) is 30.4 Å². The average Bonchev–Trinajstić information content (AvgIpc) is 3.44. The van der Waals surface area contributed by atoms with Gasteiger partial charge in [-0.05, 0) is 61.0 Å². The Bertz CT molecular complexity index is 1360. The van der Waals surface area contributed by atoms with Crippen LogP contribution in [0.5, 0.6) is 11.5 Å². The Labute approximate surface area is 216 Å². The van der Waals surface area contributed by atoms with Crippen molar-refractivity contribution in [3.8, 4) is 34.4 Å². The van der Waals surface area contributed by atoms with Crippen LogP contribution >= 0.6 is 0 Å². The van der Waals surface area contributed by atoms with E-state index in [1.807, 2.05) is 78.6 Å². The first-order valence-electron chi connectivity index (χ1n) is 12.3. The SMILES string of the molecule is COc1ccc(CN2CCN(C(=O)c3ccc(-c4nnc(-c5ccc(C)cc5)o4)cc3)CC2)cc1OC. The first kappa shape index (κ1) is 24.5. The highest BCUT2D eigenvalue weighted by atomic mass is 16.5. The molecule has 0 saturated carbocycles. The minimum absolute atomic E-state index is 0.0307. The van der Waals surface area contributed by atoms with E-state index in [1.165, 1.54) is 5.56 Å². The molecule has 0 spiro atoms. The molecule has 0 radical (unpaired) electrons. The highest BCUT2D eigenvalue weighted by molar-refractivity contribution is 5.94. The Morgan fingerprint density at radius 3 is 2.00 bits per heavy atom. The molecule has 1 amide bonds. The van der Waals surface area contributed by atoms with Crippen LogP contribution in [0.25, 0.3) is 22.9 Å². The van der Waals surface area contributed by atoms with Gasteiger partial charge in [-0.2, -0.15) is 0 Å². The number of piperazine rings is 1. The lowest BCUT2D eigenvalue weighted by Gasteiger charge is -2.35. The molecule has 5 rings (SSSR count). The van der Waals surface area contributed by atoms with Gasteiger partial charge in [0.15, 0.2) is 11.5 Å². The molecule has 1 aliphatic heterocycles. The number of hydrogen-bond donors (Lipinski definition) is 0. The number of aryl methyl sites for hydroxylation is 1. The molecule has 8 nitrogen and oxygen atoms in total. The molecule has 0 aliphatic carbocycles.